The summed E-state index contributed by atoms with van der Waals surface area (Å²) in [7, 11) is 1.86. The molecule has 0 bridgehead atoms. The van der Waals surface area contributed by atoms with Crippen molar-refractivity contribution in [1.29, 1.82) is 0 Å². The summed E-state index contributed by atoms with van der Waals surface area (Å²) in [4.78, 5) is 15.7. The third-order valence-corrected chi connectivity index (χ3v) is 2.40. The smallest absolute Gasteiger partial charge is 0.407 e. The SMILES string of the molecule is CNCC(Cc1ccncc1)NC(=O)OC(C)(C)C. The molecule has 0 radical (unpaired) electrons. The van der Waals surface area contributed by atoms with Crippen LogP contribution in [0, 0.1) is 0 Å². The number of rotatable bonds is 5. The van der Waals surface area contributed by atoms with E-state index < -0.39 is 5.60 Å². The van der Waals surface area contributed by atoms with Crippen LogP contribution >= 0.6 is 0 Å². The molecule has 5 nitrogen and oxygen atoms in total. The monoisotopic (exact) mass is 265 g/mol. The lowest BCUT2D eigenvalue weighted by atomic mass is 10.1. The zero-order valence-corrected chi connectivity index (χ0v) is 12.1. The number of amides is 1. The molecule has 0 aromatic carbocycles. The van der Waals surface area contributed by atoms with Crippen molar-refractivity contribution < 1.29 is 9.53 Å². The van der Waals surface area contributed by atoms with E-state index in [-0.39, 0.29) is 12.1 Å². The maximum atomic E-state index is 11.8. The predicted octanol–water partition coefficient (Wildman–Crippen LogP) is 1.74. The standard InChI is InChI=1S/C14H23N3O2/c1-14(2,3)19-13(18)17-12(10-15-4)9-11-5-7-16-8-6-11/h5-8,12,15H,9-10H2,1-4H3,(H,17,18). The Morgan fingerprint density at radius 3 is 2.53 bits per heavy atom. The molecular weight excluding hydrogens is 242 g/mol. The molecule has 1 rings (SSSR count). The second-order valence-electron chi connectivity index (χ2n) is 5.46. The quantitative estimate of drug-likeness (QED) is 0.851. The van der Waals surface area contributed by atoms with E-state index in [0.29, 0.717) is 6.54 Å². The summed E-state index contributed by atoms with van der Waals surface area (Å²) >= 11 is 0. The molecule has 0 saturated carbocycles. The average Bonchev–Trinajstić information content (AvgIpc) is 2.27. The molecule has 0 fully saturated rings. The normalized spacial score (nSPS) is 12.8. The van der Waals surface area contributed by atoms with Gasteiger partial charge in [-0.05, 0) is 51.9 Å². The molecule has 1 unspecified atom stereocenters. The zero-order valence-electron chi connectivity index (χ0n) is 12.1. The Balaban J connectivity index is 2.55. The van der Waals surface area contributed by atoms with Gasteiger partial charge in [0.2, 0.25) is 0 Å². The molecule has 0 aliphatic rings. The Bertz CT molecular complexity index is 387. The summed E-state index contributed by atoms with van der Waals surface area (Å²) in [5.41, 5.74) is 0.650. The number of carbonyl (C=O) groups is 1. The van der Waals surface area contributed by atoms with Gasteiger partial charge in [-0.3, -0.25) is 4.98 Å². The van der Waals surface area contributed by atoms with E-state index in [9.17, 15) is 4.79 Å². The first-order chi connectivity index (χ1) is 8.90. The maximum Gasteiger partial charge on any atom is 0.407 e. The molecule has 106 valence electrons. The third-order valence-electron chi connectivity index (χ3n) is 2.40. The van der Waals surface area contributed by atoms with Gasteiger partial charge in [0, 0.05) is 25.0 Å². The van der Waals surface area contributed by atoms with Crippen LogP contribution in [0.25, 0.3) is 0 Å². The van der Waals surface area contributed by atoms with E-state index in [1.165, 1.54) is 0 Å². The Morgan fingerprint density at radius 2 is 2.00 bits per heavy atom. The molecular formula is C14H23N3O2. The van der Waals surface area contributed by atoms with Gasteiger partial charge in [-0.2, -0.15) is 0 Å². The molecule has 0 aliphatic carbocycles. The van der Waals surface area contributed by atoms with Crippen molar-refractivity contribution in [2.75, 3.05) is 13.6 Å². The number of carbonyl (C=O) groups excluding carboxylic acids is 1. The second kappa shape index (κ2) is 7.09. The minimum atomic E-state index is -0.481. The van der Waals surface area contributed by atoms with Crippen LogP contribution < -0.4 is 10.6 Å². The first-order valence-corrected chi connectivity index (χ1v) is 6.44. The molecule has 0 saturated heterocycles. The van der Waals surface area contributed by atoms with E-state index in [2.05, 4.69) is 15.6 Å². The molecule has 5 heteroatoms. The number of ether oxygens (including phenoxy) is 1. The fourth-order valence-corrected chi connectivity index (χ4v) is 1.70. The first-order valence-electron chi connectivity index (χ1n) is 6.44. The maximum absolute atomic E-state index is 11.8. The number of nitrogens with zero attached hydrogens (tertiary/aromatic N) is 1. The number of pyridine rings is 1. The van der Waals surface area contributed by atoms with Crippen molar-refractivity contribution in [3.63, 3.8) is 0 Å². The fourth-order valence-electron chi connectivity index (χ4n) is 1.70. The van der Waals surface area contributed by atoms with Crippen LogP contribution in [0.5, 0.6) is 0 Å². The van der Waals surface area contributed by atoms with Crippen molar-refractivity contribution in [3.05, 3.63) is 30.1 Å². The summed E-state index contributed by atoms with van der Waals surface area (Å²) in [6, 6.07) is 3.88. The molecule has 19 heavy (non-hydrogen) atoms. The average molecular weight is 265 g/mol. The second-order valence-corrected chi connectivity index (χ2v) is 5.46. The highest BCUT2D eigenvalue weighted by molar-refractivity contribution is 5.68. The van der Waals surface area contributed by atoms with Gasteiger partial charge in [0.25, 0.3) is 0 Å². The number of likely N-dealkylation sites (N-methyl/N-ethyl adjacent to an activating group) is 1. The topological polar surface area (TPSA) is 63.2 Å². The molecule has 1 atom stereocenters. The van der Waals surface area contributed by atoms with Crippen LogP contribution in [-0.4, -0.2) is 36.3 Å². The van der Waals surface area contributed by atoms with Crippen molar-refractivity contribution in [1.82, 2.24) is 15.6 Å². The van der Waals surface area contributed by atoms with Crippen LogP contribution in [-0.2, 0) is 11.2 Å². The molecule has 1 aromatic heterocycles. The number of aromatic nitrogens is 1. The molecule has 1 amide bonds. The van der Waals surface area contributed by atoms with Gasteiger partial charge in [-0.1, -0.05) is 0 Å². The molecule has 0 aliphatic heterocycles. The van der Waals surface area contributed by atoms with E-state index in [4.69, 9.17) is 4.74 Å². The van der Waals surface area contributed by atoms with Crippen molar-refractivity contribution >= 4 is 6.09 Å². The summed E-state index contributed by atoms with van der Waals surface area (Å²) in [5.74, 6) is 0. The Morgan fingerprint density at radius 1 is 1.37 bits per heavy atom. The largest absolute Gasteiger partial charge is 0.444 e. The molecule has 1 heterocycles. The minimum absolute atomic E-state index is 0.0118. The van der Waals surface area contributed by atoms with E-state index in [1.807, 2.05) is 40.0 Å². The lowest BCUT2D eigenvalue weighted by molar-refractivity contribution is 0.0504. The highest BCUT2D eigenvalue weighted by Gasteiger charge is 2.19. The van der Waals surface area contributed by atoms with Crippen molar-refractivity contribution in [3.8, 4) is 0 Å². The lowest BCUT2D eigenvalue weighted by Crippen LogP contribution is -2.44. The predicted molar refractivity (Wildman–Crippen MR) is 75.0 cm³/mol. The van der Waals surface area contributed by atoms with Gasteiger partial charge in [0.1, 0.15) is 5.60 Å². The Labute approximate surface area is 114 Å². The lowest BCUT2D eigenvalue weighted by Gasteiger charge is -2.23. The fraction of sp³-hybridized carbons (Fsp3) is 0.571. The van der Waals surface area contributed by atoms with Gasteiger partial charge in [-0.15, -0.1) is 0 Å². The minimum Gasteiger partial charge on any atom is -0.444 e. The number of hydrogen-bond acceptors (Lipinski definition) is 4. The Kier molecular flexibility index (Phi) is 5.76. The van der Waals surface area contributed by atoms with Gasteiger partial charge in [-0.25, -0.2) is 4.79 Å². The van der Waals surface area contributed by atoms with E-state index in [1.54, 1.807) is 12.4 Å². The molecule has 2 N–H and O–H groups in total. The molecule has 1 aromatic rings. The van der Waals surface area contributed by atoms with Crippen LogP contribution in [0.15, 0.2) is 24.5 Å². The summed E-state index contributed by atoms with van der Waals surface area (Å²) in [6.07, 6.45) is 3.85. The van der Waals surface area contributed by atoms with Crippen LogP contribution in [0.4, 0.5) is 4.79 Å². The highest BCUT2D eigenvalue weighted by atomic mass is 16.6. The summed E-state index contributed by atoms with van der Waals surface area (Å²) < 4.78 is 5.26. The number of alkyl carbamates (subject to hydrolysis) is 1. The van der Waals surface area contributed by atoms with Gasteiger partial charge in [0.15, 0.2) is 0 Å². The first kappa shape index (κ1) is 15.4. The Hall–Kier alpha value is -1.62. The van der Waals surface area contributed by atoms with Gasteiger partial charge >= 0.3 is 6.09 Å². The van der Waals surface area contributed by atoms with E-state index >= 15 is 0 Å². The van der Waals surface area contributed by atoms with Gasteiger partial charge in [0.05, 0.1) is 0 Å². The highest BCUT2D eigenvalue weighted by Crippen LogP contribution is 2.08. The molecule has 0 spiro atoms. The van der Waals surface area contributed by atoms with Gasteiger partial charge < -0.3 is 15.4 Å². The van der Waals surface area contributed by atoms with Crippen LogP contribution in [0.3, 0.4) is 0 Å². The van der Waals surface area contributed by atoms with Crippen LogP contribution in [0.1, 0.15) is 26.3 Å². The van der Waals surface area contributed by atoms with Crippen molar-refractivity contribution in [2.45, 2.75) is 38.8 Å². The third kappa shape index (κ3) is 6.76. The summed E-state index contributed by atoms with van der Waals surface area (Å²) in [6.45, 7) is 6.23. The van der Waals surface area contributed by atoms with Crippen molar-refractivity contribution in [2.24, 2.45) is 0 Å². The van der Waals surface area contributed by atoms with Crippen LogP contribution in [0.2, 0.25) is 0 Å². The number of hydrogen-bond donors (Lipinski definition) is 2. The summed E-state index contributed by atoms with van der Waals surface area (Å²) in [5, 5.41) is 5.95. The van der Waals surface area contributed by atoms with E-state index in [0.717, 1.165) is 12.0 Å². The number of nitrogens with one attached hydrogen (secondary N) is 2. The zero-order chi connectivity index (χ0) is 14.3.